The van der Waals surface area contributed by atoms with Crippen LogP contribution in [0.2, 0.25) is 0 Å². The highest BCUT2D eigenvalue weighted by Gasteiger charge is 2.19. The lowest BCUT2D eigenvalue weighted by atomic mass is 9.91. The fourth-order valence-electron chi connectivity index (χ4n) is 3.91. The summed E-state index contributed by atoms with van der Waals surface area (Å²) < 4.78 is 5.38. The second-order valence-electron chi connectivity index (χ2n) is 7.54. The third-order valence-corrected chi connectivity index (χ3v) is 5.54. The molecule has 1 unspecified atom stereocenters. The lowest BCUT2D eigenvalue weighted by Gasteiger charge is -2.18. The average molecular weight is 399 g/mol. The molecule has 1 heterocycles. The van der Waals surface area contributed by atoms with Gasteiger partial charge in [-0.05, 0) is 41.3 Å². The normalized spacial score (nSPS) is 11.9. The Morgan fingerprint density at radius 1 is 1.03 bits per heavy atom. The van der Waals surface area contributed by atoms with Gasteiger partial charge in [-0.2, -0.15) is 0 Å². The summed E-state index contributed by atoms with van der Waals surface area (Å²) in [4.78, 5) is 16.1. The predicted molar refractivity (Wildman–Crippen MR) is 121 cm³/mol. The number of amides is 1. The topological polar surface area (TPSA) is 54.1 Å². The number of aromatic amines is 1. The van der Waals surface area contributed by atoms with Crippen molar-refractivity contribution in [1.82, 2.24) is 10.3 Å². The van der Waals surface area contributed by atoms with Crippen LogP contribution in [-0.4, -0.2) is 24.5 Å². The number of hydrogen-bond acceptors (Lipinski definition) is 2. The lowest BCUT2D eigenvalue weighted by Crippen LogP contribution is -2.30. The van der Waals surface area contributed by atoms with Crippen LogP contribution >= 0.6 is 0 Å². The standard InChI is InChI=1S/C26H26N2O2/c1-18-12-13-19(14-25(18)30-2)15-26(29)28-16-22(20-8-4-3-5-9-20)23-17-27-24-11-7-6-10-21(23)24/h3-14,17,22,27H,15-16H2,1-2H3,(H,28,29). The molecule has 0 spiro atoms. The fourth-order valence-corrected chi connectivity index (χ4v) is 3.91. The molecule has 4 nitrogen and oxygen atoms in total. The van der Waals surface area contributed by atoms with Gasteiger partial charge in [-0.3, -0.25) is 4.79 Å². The van der Waals surface area contributed by atoms with E-state index in [2.05, 4.69) is 40.8 Å². The minimum absolute atomic E-state index is 0.00155. The number of fused-ring (bicyclic) bond motifs is 1. The molecule has 0 radical (unpaired) electrons. The largest absolute Gasteiger partial charge is 0.496 e. The molecule has 1 aromatic heterocycles. The highest BCUT2D eigenvalue weighted by atomic mass is 16.5. The Bertz CT molecular complexity index is 1150. The summed E-state index contributed by atoms with van der Waals surface area (Å²) in [7, 11) is 1.65. The van der Waals surface area contributed by atoms with E-state index in [9.17, 15) is 4.79 Å². The van der Waals surface area contributed by atoms with E-state index in [1.165, 1.54) is 16.5 Å². The number of H-pyrrole nitrogens is 1. The molecule has 152 valence electrons. The number of para-hydroxylation sites is 1. The van der Waals surface area contributed by atoms with Crippen LogP contribution in [0.4, 0.5) is 0 Å². The van der Waals surface area contributed by atoms with Crippen molar-refractivity contribution in [3.05, 3.63) is 101 Å². The molecule has 30 heavy (non-hydrogen) atoms. The number of carbonyl (C=O) groups excluding carboxylic acids is 1. The first-order valence-corrected chi connectivity index (χ1v) is 10.2. The molecular weight excluding hydrogens is 372 g/mol. The van der Waals surface area contributed by atoms with Gasteiger partial charge in [0, 0.05) is 29.6 Å². The summed E-state index contributed by atoms with van der Waals surface area (Å²) in [5, 5.41) is 4.33. The van der Waals surface area contributed by atoms with Gasteiger partial charge in [0.05, 0.1) is 13.5 Å². The molecule has 0 aliphatic heterocycles. The third-order valence-electron chi connectivity index (χ3n) is 5.54. The Kier molecular flexibility index (Phi) is 5.84. The van der Waals surface area contributed by atoms with Crippen molar-refractivity contribution in [1.29, 1.82) is 0 Å². The maximum Gasteiger partial charge on any atom is 0.224 e. The molecular formula is C26H26N2O2. The average Bonchev–Trinajstić information content (AvgIpc) is 3.20. The fraction of sp³-hybridized carbons (Fsp3) is 0.192. The van der Waals surface area contributed by atoms with Gasteiger partial charge in [0.15, 0.2) is 0 Å². The van der Waals surface area contributed by atoms with Crippen molar-refractivity contribution < 1.29 is 9.53 Å². The van der Waals surface area contributed by atoms with Crippen LogP contribution in [0.5, 0.6) is 5.75 Å². The number of hydrogen-bond donors (Lipinski definition) is 2. The summed E-state index contributed by atoms with van der Waals surface area (Å²) in [6.07, 6.45) is 2.38. The van der Waals surface area contributed by atoms with E-state index in [0.29, 0.717) is 13.0 Å². The number of nitrogens with one attached hydrogen (secondary N) is 2. The zero-order chi connectivity index (χ0) is 20.9. The van der Waals surface area contributed by atoms with E-state index < -0.39 is 0 Å². The predicted octanol–water partition coefficient (Wildman–Crippen LogP) is 4.98. The van der Waals surface area contributed by atoms with E-state index in [4.69, 9.17) is 4.74 Å². The number of aromatic nitrogens is 1. The summed E-state index contributed by atoms with van der Waals surface area (Å²) >= 11 is 0. The van der Waals surface area contributed by atoms with Gasteiger partial charge in [-0.1, -0.05) is 60.7 Å². The van der Waals surface area contributed by atoms with Gasteiger partial charge in [0.2, 0.25) is 5.91 Å². The SMILES string of the molecule is COc1cc(CC(=O)NCC(c2ccccc2)c2c[nH]c3ccccc23)ccc1C. The molecule has 0 saturated carbocycles. The third kappa shape index (κ3) is 4.23. The first kappa shape index (κ1) is 19.8. The van der Waals surface area contributed by atoms with Gasteiger partial charge in [0.25, 0.3) is 0 Å². The van der Waals surface area contributed by atoms with Crippen molar-refractivity contribution in [3.63, 3.8) is 0 Å². The van der Waals surface area contributed by atoms with Crippen LogP contribution in [0.15, 0.2) is 79.0 Å². The Morgan fingerprint density at radius 2 is 1.80 bits per heavy atom. The van der Waals surface area contributed by atoms with Gasteiger partial charge in [-0.15, -0.1) is 0 Å². The van der Waals surface area contributed by atoms with Crippen LogP contribution in [-0.2, 0) is 11.2 Å². The number of aryl methyl sites for hydroxylation is 1. The molecule has 1 atom stereocenters. The van der Waals surface area contributed by atoms with Crippen molar-refractivity contribution in [3.8, 4) is 5.75 Å². The Morgan fingerprint density at radius 3 is 2.60 bits per heavy atom. The maximum absolute atomic E-state index is 12.7. The summed E-state index contributed by atoms with van der Waals surface area (Å²) in [6, 6.07) is 24.5. The molecule has 3 aromatic carbocycles. The zero-order valence-electron chi connectivity index (χ0n) is 17.3. The van der Waals surface area contributed by atoms with Gasteiger partial charge < -0.3 is 15.0 Å². The van der Waals surface area contributed by atoms with E-state index in [-0.39, 0.29) is 11.8 Å². The minimum atomic E-state index is 0.00155. The Labute approximate surface area is 176 Å². The van der Waals surface area contributed by atoms with E-state index in [0.717, 1.165) is 22.4 Å². The lowest BCUT2D eigenvalue weighted by molar-refractivity contribution is -0.120. The smallest absolute Gasteiger partial charge is 0.224 e. The quantitative estimate of drug-likeness (QED) is 0.461. The van der Waals surface area contributed by atoms with Crippen LogP contribution in [0.1, 0.15) is 28.2 Å². The summed E-state index contributed by atoms with van der Waals surface area (Å²) in [6.45, 7) is 2.53. The molecule has 0 fully saturated rings. The first-order valence-electron chi connectivity index (χ1n) is 10.2. The molecule has 4 heteroatoms. The molecule has 0 aliphatic carbocycles. The van der Waals surface area contributed by atoms with E-state index >= 15 is 0 Å². The van der Waals surface area contributed by atoms with Crippen molar-refractivity contribution in [2.45, 2.75) is 19.3 Å². The van der Waals surface area contributed by atoms with Crippen LogP contribution in [0.3, 0.4) is 0 Å². The first-order chi connectivity index (χ1) is 14.7. The maximum atomic E-state index is 12.7. The zero-order valence-corrected chi connectivity index (χ0v) is 17.3. The van der Waals surface area contributed by atoms with Gasteiger partial charge >= 0.3 is 0 Å². The summed E-state index contributed by atoms with van der Waals surface area (Å²) in [5.41, 5.74) is 5.48. The molecule has 4 aromatic rings. The van der Waals surface area contributed by atoms with E-state index in [1.807, 2.05) is 55.5 Å². The second kappa shape index (κ2) is 8.87. The minimum Gasteiger partial charge on any atom is -0.496 e. The molecule has 0 saturated heterocycles. The Balaban J connectivity index is 1.53. The molecule has 1 amide bonds. The summed E-state index contributed by atoms with van der Waals surface area (Å²) in [5.74, 6) is 0.877. The molecule has 4 rings (SSSR count). The number of methoxy groups -OCH3 is 1. The molecule has 0 bridgehead atoms. The van der Waals surface area contributed by atoms with Gasteiger partial charge in [0.1, 0.15) is 5.75 Å². The van der Waals surface area contributed by atoms with Crippen molar-refractivity contribution in [2.24, 2.45) is 0 Å². The highest BCUT2D eigenvalue weighted by Crippen LogP contribution is 2.30. The van der Waals surface area contributed by atoms with Crippen LogP contribution in [0, 0.1) is 6.92 Å². The molecule has 0 aliphatic rings. The number of carbonyl (C=O) groups is 1. The van der Waals surface area contributed by atoms with Crippen LogP contribution < -0.4 is 10.1 Å². The monoisotopic (exact) mass is 398 g/mol. The highest BCUT2D eigenvalue weighted by molar-refractivity contribution is 5.84. The number of ether oxygens (including phenoxy) is 1. The number of benzene rings is 3. The van der Waals surface area contributed by atoms with Gasteiger partial charge in [-0.25, -0.2) is 0 Å². The van der Waals surface area contributed by atoms with E-state index in [1.54, 1.807) is 7.11 Å². The molecule has 2 N–H and O–H groups in total. The van der Waals surface area contributed by atoms with Crippen molar-refractivity contribution >= 4 is 16.8 Å². The Hall–Kier alpha value is -3.53. The van der Waals surface area contributed by atoms with Crippen molar-refractivity contribution in [2.75, 3.05) is 13.7 Å². The van der Waals surface area contributed by atoms with Crippen LogP contribution in [0.25, 0.3) is 10.9 Å². The number of rotatable bonds is 7. The second-order valence-corrected chi connectivity index (χ2v) is 7.54.